The second-order valence-corrected chi connectivity index (χ2v) is 6.83. The number of nitrogens with one attached hydrogen (secondary N) is 1. The van der Waals surface area contributed by atoms with E-state index in [0.29, 0.717) is 12.1 Å². The van der Waals surface area contributed by atoms with E-state index in [1.807, 2.05) is 71.9 Å². The summed E-state index contributed by atoms with van der Waals surface area (Å²) in [7, 11) is 0. The second kappa shape index (κ2) is 8.53. The molecule has 0 aliphatic rings. The van der Waals surface area contributed by atoms with Gasteiger partial charge in [-0.15, -0.1) is 0 Å². The van der Waals surface area contributed by atoms with Crippen LogP contribution in [0.25, 0.3) is 5.69 Å². The molecule has 4 nitrogen and oxygen atoms in total. The van der Waals surface area contributed by atoms with Crippen molar-refractivity contribution in [2.75, 3.05) is 12.3 Å². The monoisotopic (exact) mass is 351 g/mol. The number of nitrogens with zero attached hydrogens (tertiary/aromatic N) is 2. The van der Waals surface area contributed by atoms with Crippen LogP contribution >= 0.6 is 11.8 Å². The number of carbonyl (C=O) groups excluding carboxylic acids is 1. The molecule has 0 spiro atoms. The summed E-state index contributed by atoms with van der Waals surface area (Å²) in [5.74, 6) is 1.82. The lowest BCUT2D eigenvalue weighted by Gasteiger charge is -2.07. The molecule has 1 N–H and O–H groups in total. The molecule has 0 saturated heterocycles. The number of thioether (sulfide) groups is 1. The van der Waals surface area contributed by atoms with Crippen molar-refractivity contribution in [1.82, 2.24) is 15.1 Å². The van der Waals surface area contributed by atoms with Gasteiger partial charge in [0.1, 0.15) is 0 Å². The van der Waals surface area contributed by atoms with Gasteiger partial charge in [-0.05, 0) is 42.8 Å². The molecule has 0 fully saturated rings. The van der Waals surface area contributed by atoms with Crippen LogP contribution in [-0.4, -0.2) is 28.0 Å². The molecule has 0 bridgehead atoms. The van der Waals surface area contributed by atoms with Crippen LogP contribution in [0.1, 0.15) is 21.6 Å². The van der Waals surface area contributed by atoms with Crippen molar-refractivity contribution in [2.24, 2.45) is 0 Å². The van der Waals surface area contributed by atoms with E-state index in [-0.39, 0.29) is 5.91 Å². The number of carbonyl (C=O) groups is 1. The fraction of sp³-hybridized carbons (Fsp3) is 0.200. The molecule has 3 aromatic rings. The molecule has 25 heavy (non-hydrogen) atoms. The van der Waals surface area contributed by atoms with Crippen molar-refractivity contribution in [3.63, 3.8) is 0 Å². The van der Waals surface area contributed by atoms with Crippen LogP contribution in [-0.2, 0) is 5.75 Å². The molecule has 1 aromatic heterocycles. The number of hydrogen-bond acceptors (Lipinski definition) is 3. The molecule has 0 saturated carbocycles. The first-order chi connectivity index (χ1) is 12.2. The predicted octanol–water partition coefficient (Wildman–Crippen LogP) is 3.84. The fourth-order valence-electron chi connectivity index (χ4n) is 2.50. The maximum absolute atomic E-state index is 12.2. The highest BCUT2D eigenvalue weighted by atomic mass is 32.2. The minimum atomic E-state index is -0.0379. The Bertz CT molecular complexity index is 812. The average molecular weight is 351 g/mol. The maximum Gasteiger partial charge on any atom is 0.251 e. The third-order valence-electron chi connectivity index (χ3n) is 3.85. The molecule has 3 rings (SSSR count). The molecule has 1 amide bonds. The Morgan fingerprint density at radius 3 is 2.52 bits per heavy atom. The number of hydrogen-bond donors (Lipinski definition) is 1. The van der Waals surface area contributed by atoms with Gasteiger partial charge in [0.25, 0.3) is 5.91 Å². The lowest BCUT2D eigenvalue weighted by Crippen LogP contribution is -2.25. The Kier molecular flexibility index (Phi) is 5.90. The minimum Gasteiger partial charge on any atom is -0.351 e. The first-order valence-corrected chi connectivity index (χ1v) is 9.40. The van der Waals surface area contributed by atoms with Gasteiger partial charge in [-0.3, -0.25) is 4.79 Å². The first-order valence-electron chi connectivity index (χ1n) is 8.25. The van der Waals surface area contributed by atoms with E-state index in [2.05, 4.69) is 22.5 Å². The van der Waals surface area contributed by atoms with Crippen molar-refractivity contribution in [3.8, 4) is 5.69 Å². The number of rotatable bonds is 7. The normalized spacial score (nSPS) is 10.6. The molecule has 128 valence electrons. The highest BCUT2D eigenvalue weighted by Crippen LogP contribution is 2.12. The SMILES string of the molecule is Cc1ccnn1-c1ccc(C(=O)NCCSCc2ccccc2)cc1. The largest absolute Gasteiger partial charge is 0.351 e. The van der Waals surface area contributed by atoms with Crippen molar-refractivity contribution < 1.29 is 4.79 Å². The predicted molar refractivity (Wildman–Crippen MR) is 103 cm³/mol. The van der Waals surface area contributed by atoms with Crippen LogP contribution in [0.2, 0.25) is 0 Å². The van der Waals surface area contributed by atoms with Crippen LogP contribution in [0.15, 0.2) is 66.9 Å². The van der Waals surface area contributed by atoms with E-state index in [4.69, 9.17) is 0 Å². The van der Waals surface area contributed by atoms with Gasteiger partial charge in [-0.1, -0.05) is 30.3 Å². The maximum atomic E-state index is 12.2. The van der Waals surface area contributed by atoms with Gasteiger partial charge >= 0.3 is 0 Å². The number of amides is 1. The van der Waals surface area contributed by atoms with Gasteiger partial charge in [0.2, 0.25) is 0 Å². The van der Waals surface area contributed by atoms with Crippen molar-refractivity contribution in [1.29, 1.82) is 0 Å². The van der Waals surface area contributed by atoms with E-state index in [1.54, 1.807) is 6.20 Å². The second-order valence-electron chi connectivity index (χ2n) is 5.73. The van der Waals surface area contributed by atoms with Crippen LogP contribution in [0.4, 0.5) is 0 Å². The van der Waals surface area contributed by atoms with Gasteiger partial charge in [0.05, 0.1) is 5.69 Å². The standard InChI is InChI=1S/C20H21N3OS/c1-16-11-12-22-23(16)19-9-7-18(8-10-19)20(24)21-13-14-25-15-17-5-3-2-4-6-17/h2-12H,13-15H2,1H3,(H,21,24). The molecule has 0 atom stereocenters. The smallest absolute Gasteiger partial charge is 0.251 e. The Hall–Kier alpha value is -2.53. The van der Waals surface area contributed by atoms with Crippen molar-refractivity contribution >= 4 is 17.7 Å². The Morgan fingerprint density at radius 2 is 1.84 bits per heavy atom. The van der Waals surface area contributed by atoms with Gasteiger partial charge in [-0.2, -0.15) is 16.9 Å². The Balaban J connectivity index is 1.44. The fourth-order valence-corrected chi connectivity index (χ4v) is 3.32. The summed E-state index contributed by atoms with van der Waals surface area (Å²) in [5.41, 5.74) is 4.00. The first kappa shape index (κ1) is 17.3. The van der Waals surface area contributed by atoms with E-state index in [0.717, 1.165) is 22.9 Å². The molecule has 2 aromatic carbocycles. The summed E-state index contributed by atoms with van der Waals surface area (Å²) >= 11 is 1.82. The van der Waals surface area contributed by atoms with Crippen LogP contribution in [0, 0.1) is 6.92 Å². The van der Waals surface area contributed by atoms with Crippen LogP contribution in [0.3, 0.4) is 0 Å². The molecule has 0 aliphatic carbocycles. The van der Waals surface area contributed by atoms with E-state index in [1.165, 1.54) is 5.56 Å². The van der Waals surface area contributed by atoms with Gasteiger partial charge in [0.15, 0.2) is 0 Å². The zero-order chi connectivity index (χ0) is 17.5. The molecule has 0 radical (unpaired) electrons. The molecular formula is C20H21N3OS. The van der Waals surface area contributed by atoms with Gasteiger partial charge < -0.3 is 5.32 Å². The number of aromatic nitrogens is 2. The zero-order valence-corrected chi connectivity index (χ0v) is 15.0. The van der Waals surface area contributed by atoms with Gasteiger partial charge in [0, 0.05) is 35.5 Å². The molecule has 0 aliphatic heterocycles. The highest BCUT2D eigenvalue weighted by Gasteiger charge is 2.06. The third kappa shape index (κ3) is 4.73. The van der Waals surface area contributed by atoms with E-state index < -0.39 is 0 Å². The lowest BCUT2D eigenvalue weighted by molar-refractivity contribution is 0.0956. The van der Waals surface area contributed by atoms with Crippen molar-refractivity contribution in [2.45, 2.75) is 12.7 Å². The molecule has 0 unspecified atom stereocenters. The Labute approximate surface area is 152 Å². The van der Waals surface area contributed by atoms with Gasteiger partial charge in [-0.25, -0.2) is 4.68 Å². The summed E-state index contributed by atoms with van der Waals surface area (Å²) in [6.45, 7) is 2.66. The summed E-state index contributed by atoms with van der Waals surface area (Å²) in [6, 6.07) is 19.8. The zero-order valence-electron chi connectivity index (χ0n) is 14.2. The van der Waals surface area contributed by atoms with E-state index >= 15 is 0 Å². The topological polar surface area (TPSA) is 46.9 Å². The van der Waals surface area contributed by atoms with Crippen molar-refractivity contribution in [3.05, 3.63) is 83.7 Å². The average Bonchev–Trinajstić information content (AvgIpc) is 3.08. The molecule has 5 heteroatoms. The highest BCUT2D eigenvalue weighted by molar-refractivity contribution is 7.98. The van der Waals surface area contributed by atoms with Crippen LogP contribution < -0.4 is 5.32 Å². The summed E-state index contributed by atoms with van der Waals surface area (Å²) in [5, 5.41) is 7.24. The summed E-state index contributed by atoms with van der Waals surface area (Å²) < 4.78 is 1.85. The number of aryl methyl sites for hydroxylation is 1. The summed E-state index contributed by atoms with van der Waals surface area (Å²) in [6.07, 6.45) is 1.77. The Morgan fingerprint density at radius 1 is 1.08 bits per heavy atom. The summed E-state index contributed by atoms with van der Waals surface area (Å²) in [4.78, 5) is 12.2. The lowest BCUT2D eigenvalue weighted by atomic mass is 10.2. The molecular weight excluding hydrogens is 330 g/mol. The molecule has 1 heterocycles. The van der Waals surface area contributed by atoms with Crippen LogP contribution in [0.5, 0.6) is 0 Å². The van der Waals surface area contributed by atoms with E-state index in [9.17, 15) is 4.79 Å². The quantitative estimate of drug-likeness (QED) is 0.658. The minimum absolute atomic E-state index is 0.0379. The third-order valence-corrected chi connectivity index (χ3v) is 4.88. The number of benzene rings is 2.